The van der Waals surface area contributed by atoms with Gasteiger partial charge in [0.1, 0.15) is 6.10 Å². The molecule has 1 saturated heterocycles. The number of benzene rings is 1. The highest BCUT2D eigenvalue weighted by molar-refractivity contribution is 7.89. The molecule has 0 aliphatic carbocycles. The molecule has 1 aliphatic rings. The average molecular weight is 365 g/mol. The number of hydrogen-bond acceptors (Lipinski definition) is 5. The number of rotatable bonds is 6. The number of aryl methyl sites for hydroxylation is 1. The monoisotopic (exact) mass is 365 g/mol. The number of ether oxygens (including phenoxy) is 2. The van der Waals surface area contributed by atoms with Gasteiger partial charge in [-0.25, -0.2) is 13.2 Å². The predicted molar refractivity (Wildman–Crippen MR) is 93.3 cm³/mol. The number of hydrogen-bond donors (Lipinski definition) is 0. The van der Waals surface area contributed by atoms with Crippen LogP contribution in [0.25, 0.3) is 0 Å². The molecule has 7 heteroatoms. The molecule has 25 heavy (non-hydrogen) atoms. The van der Waals surface area contributed by atoms with E-state index in [9.17, 15) is 13.2 Å². The van der Waals surface area contributed by atoms with Crippen LogP contribution >= 0.6 is 0 Å². The minimum absolute atomic E-state index is 0.106. The minimum Gasteiger partial charge on any atom is -0.456 e. The number of nitrogens with zero attached hydrogens (tertiary/aromatic N) is 1. The summed E-state index contributed by atoms with van der Waals surface area (Å²) in [5.41, 5.74) is 0.620. The molecule has 1 aromatic rings. The number of carbonyl (C=O) groups excluding carboxylic acids is 1. The van der Waals surface area contributed by atoms with Crippen LogP contribution in [0.5, 0.6) is 0 Å². The summed E-state index contributed by atoms with van der Waals surface area (Å²) >= 11 is 0. The summed E-state index contributed by atoms with van der Waals surface area (Å²) < 4.78 is 37.3. The maximum Gasteiger partial charge on any atom is 0.384 e. The molecule has 136 valence electrons. The van der Waals surface area contributed by atoms with Crippen molar-refractivity contribution >= 4 is 16.0 Å². The second-order valence-electron chi connectivity index (χ2n) is 6.34. The van der Waals surface area contributed by atoms with Crippen molar-refractivity contribution in [3.63, 3.8) is 0 Å². The van der Waals surface area contributed by atoms with E-state index >= 15 is 0 Å². The quantitative estimate of drug-likeness (QED) is 0.332. The summed E-state index contributed by atoms with van der Waals surface area (Å²) in [6.45, 7) is 7.67. The molecule has 6 nitrogen and oxygen atoms in total. The molecular weight excluding hydrogens is 342 g/mol. The van der Waals surface area contributed by atoms with Crippen molar-refractivity contribution in [2.45, 2.75) is 44.3 Å². The summed E-state index contributed by atoms with van der Waals surface area (Å²) in [5.74, 6) is 4.22. The van der Waals surface area contributed by atoms with E-state index in [4.69, 9.17) is 9.47 Å². The van der Waals surface area contributed by atoms with Crippen LogP contribution in [0.4, 0.5) is 0 Å². The average Bonchev–Trinajstić information content (AvgIpc) is 3.13. The summed E-state index contributed by atoms with van der Waals surface area (Å²) in [7, 11) is -3.73. The van der Waals surface area contributed by atoms with E-state index in [-0.39, 0.29) is 36.3 Å². The molecule has 1 fully saturated rings. The van der Waals surface area contributed by atoms with E-state index in [2.05, 4.69) is 11.8 Å². The van der Waals surface area contributed by atoms with Crippen molar-refractivity contribution in [3.05, 3.63) is 29.8 Å². The van der Waals surface area contributed by atoms with Crippen molar-refractivity contribution in [1.82, 2.24) is 4.31 Å². The lowest BCUT2D eigenvalue weighted by Crippen LogP contribution is -2.36. The largest absolute Gasteiger partial charge is 0.456 e. The van der Waals surface area contributed by atoms with Gasteiger partial charge in [-0.05, 0) is 39.8 Å². The smallest absolute Gasteiger partial charge is 0.384 e. The lowest BCUT2D eigenvalue weighted by molar-refractivity contribution is -0.136. The lowest BCUT2D eigenvalue weighted by atomic mass is 10.1. The maximum atomic E-state index is 12.9. The van der Waals surface area contributed by atoms with E-state index in [1.165, 1.54) is 4.31 Å². The lowest BCUT2D eigenvalue weighted by Gasteiger charge is -2.19. The molecule has 1 heterocycles. The van der Waals surface area contributed by atoms with E-state index in [0.29, 0.717) is 0 Å². The number of carbonyl (C=O) groups is 1. The van der Waals surface area contributed by atoms with Gasteiger partial charge in [0, 0.05) is 12.5 Å². The maximum absolute atomic E-state index is 12.9. The van der Waals surface area contributed by atoms with Gasteiger partial charge in [0.15, 0.2) is 0 Å². The van der Waals surface area contributed by atoms with Gasteiger partial charge >= 0.3 is 5.97 Å². The Kier molecular flexibility index (Phi) is 5.88. The molecule has 0 amide bonds. The third-order valence-electron chi connectivity index (χ3n) is 3.91. The third-order valence-corrected chi connectivity index (χ3v) is 5.74. The van der Waals surface area contributed by atoms with Gasteiger partial charge in [0.25, 0.3) is 0 Å². The Morgan fingerprint density at radius 3 is 2.44 bits per heavy atom. The number of sulfonamides is 1. The molecule has 0 radical (unpaired) electrons. The van der Waals surface area contributed by atoms with E-state index in [0.717, 1.165) is 5.56 Å². The van der Waals surface area contributed by atoms with Gasteiger partial charge in [-0.1, -0.05) is 23.6 Å². The molecule has 1 aliphatic heterocycles. The predicted octanol–water partition coefficient (Wildman–Crippen LogP) is 1.73. The number of epoxide rings is 1. The fraction of sp³-hybridized carbons (Fsp3) is 0.500. The van der Waals surface area contributed by atoms with Crippen molar-refractivity contribution in [1.29, 1.82) is 0 Å². The Hall–Kier alpha value is -1.88. The first-order chi connectivity index (χ1) is 11.7. The van der Waals surface area contributed by atoms with Gasteiger partial charge in [-0.15, -0.1) is 0 Å². The highest BCUT2D eigenvalue weighted by Crippen LogP contribution is 2.36. The van der Waals surface area contributed by atoms with Crippen LogP contribution in [0.2, 0.25) is 0 Å². The first-order valence-electron chi connectivity index (χ1n) is 8.07. The van der Waals surface area contributed by atoms with Gasteiger partial charge in [-0.3, -0.25) is 0 Å². The van der Waals surface area contributed by atoms with E-state index in [1.54, 1.807) is 31.2 Å². The third kappa shape index (κ3) is 5.05. The Morgan fingerprint density at radius 1 is 1.32 bits per heavy atom. The van der Waals surface area contributed by atoms with Gasteiger partial charge in [0.05, 0.1) is 23.6 Å². The van der Waals surface area contributed by atoms with Crippen LogP contribution in [-0.2, 0) is 24.3 Å². The van der Waals surface area contributed by atoms with E-state index in [1.807, 2.05) is 20.8 Å². The second-order valence-corrected chi connectivity index (χ2v) is 8.28. The Labute approximate surface area is 149 Å². The number of esters is 1. The van der Waals surface area contributed by atoms with Gasteiger partial charge < -0.3 is 9.47 Å². The Balaban J connectivity index is 2.21. The van der Waals surface area contributed by atoms with Crippen LogP contribution in [0.15, 0.2) is 29.2 Å². The summed E-state index contributed by atoms with van der Waals surface area (Å²) in [5, 5.41) is 0. The van der Waals surface area contributed by atoms with Crippen molar-refractivity contribution in [2.24, 2.45) is 0 Å². The highest BCUT2D eigenvalue weighted by Gasteiger charge is 2.49. The molecule has 1 atom stereocenters. The zero-order chi connectivity index (χ0) is 18.7. The zero-order valence-corrected chi connectivity index (χ0v) is 15.7. The SMILES string of the molecule is CCOC(=O)C#CCN(CC1OC1(C)C)S(=O)(=O)c1ccc(C)cc1. The van der Waals surface area contributed by atoms with Crippen LogP contribution < -0.4 is 0 Å². The molecule has 2 rings (SSSR count). The fourth-order valence-corrected chi connectivity index (χ4v) is 3.59. The van der Waals surface area contributed by atoms with Crippen LogP contribution in [0, 0.1) is 18.8 Å². The second kappa shape index (κ2) is 7.56. The highest BCUT2D eigenvalue weighted by atomic mass is 32.2. The standard InChI is InChI=1S/C18H23NO5S/c1-5-23-17(20)7-6-12-19(13-16-18(3,4)24-16)25(21,22)15-10-8-14(2)9-11-15/h8-11,16H,5,12-13H2,1-4H3. The topological polar surface area (TPSA) is 76.2 Å². The van der Waals surface area contributed by atoms with Crippen LogP contribution in [-0.4, -0.2) is 50.1 Å². The molecule has 0 saturated carbocycles. The van der Waals surface area contributed by atoms with Gasteiger partial charge in [-0.2, -0.15) is 4.31 Å². The summed E-state index contributed by atoms with van der Waals surface area (Å²) in [6.07, 6.45) is -0.197. The zero-order valence-electron chi connectivity index (χ0n) is 14.9. The minimum atomic E-state index is -3.73. The molecule has 1 aromatic carbocycles. The first kappa shape index (κ1) is 19.4. The van der Waals surface area contributed by atoms with E-state index < -0.39 is 16.0 Å². The molecule has 0 spiro atoms. The summed E-state index contributed by atoms with van der Waals surface area (Å²) in [4.78, 5) is 11.5. The first-order valence-corrected chi connectivity index (χ1v) is 9.51. The molecule has 1 unspecified atom stereocenters. The van der Waals surface area contributed by atoms with Crippen LogP contribution in [0.1, 0.15) is 26.3 Å². The Morgan fingerprint density at radius 2 is 1.92 bits per heavy atom. The Bertz CT molecular complexity index is 787. The van der Waals surface area contributed by atoms with Crippen LogP contribution in [0.3, 0.4) is 0 Å². The molecule has 0 N–H and O–H groups in total. The molecule has 0 bridgehead atoms. The molecular formula is C18H23NO5S. The molecule has 0 aromatic heterocycles. The fourth-order valence-electron chi connectivity index (χ4n) is 2.25. The van der Waals surface area contributed by atoms with Crippen molar-refractivity contribution in [3.8, 4) is 11.8 Å². The van der Waals surface area contributed by atoms with Gasteiger partial charge in [0.2, 0.25) is 10.0 Å². The van der Waals surface area contributed by atoms with Crippen molar-refractivity contribution in [2.75, 3.05) is 19.7 Å². The summed E-state index contributed by atoms with van der Waals surface area (Å²) in [6, 6.07) is 6.62. The normalized spacial score (nSPS) is 18.4. The van der Waals surface area contributed by atoms with Crippen molar-refractivity contribution < 1.29 is 22.7 Å².